The van der Waals surface area contributed by atoms with Gasteiger partial charge in [0.15, 0.2) is 0 Å². The third-order valence-corrected chi connectivity index (χ3v) is 5.91. The van der Waals surface area contributed by atoms with Gasteiger partial charge in [-0.05, 0) is 67.9 Å². The minimum absolute atomic E-state index is 0.0115. The number of rotatable bonds is 9. The first-order valence-corrected chi connectivity index (χ1v) is 10.1. The molecule has 4 atom stereocenters. The fourth-order valence-electron chi connectivity index (χ4n) is 3.83. The summed E-state index contributed by atoms with van der Waals surface area (Å²) in [5, 5.41) is 10.4. The Morgan fingerprint density at radius 1 is 1.19 bits per heavy atom. The minimum Gasteiger partial charge on any atom is -0.493 e. The van der Waals surface area contributed by atoms with E-state index in [9.17, 15) is 5.11 Å². The van der Waals surface area contributed by atoms with Gasteiger partial charge in [0.1, 0.15) is 5.75 Å². The molecule has 0 aliphatic heterocycles. The lowest BCUT2D eigenvalue weighted by molar-refractivity contribution is 0.0807. The number of halogens is 1. The van der Waals surface area contributed by atoms with Gasteiger partial charge < -0.3 is 14.6 Å². The van der Waals surface area contributed by atoms with E-state index in [0.29, 0.717) is 19.6 Å². The van der Waals surface area contributed by atoms with Gasteiger partial charge >= 0.3 is 0 Å². The van der Waals surface area contributed by atoms with E-state index in [2.05, 4.69) is 45.1 Å². The summed E-state index contributed by atoms with van der Waals surface area (Å²) < 4.78 is 11.3. The molecule has 1 fully saturated rings. The maximum Gasteiger partial charge on any atom is 0.119 e. The third-order valence-electron chi connectivity index (χ3n) is 5.41. The molecule has 0 unspecified atom stereocenters. The van der Waals surface area contributed by atoms with Crippen molar-refractivity contribution in [2.75, 3.05) is 13.7 Å². The van der Waals surface area contributed by atoms with Crippen molar-refractivity contribution in [3.05, 3.63) is 41.0 Å². The van der Waals surface area contributed by atoms with Crippen LogP contribution in [0.2, 0.25) is 0 Å². The number of aliphatic hydroxyl groups excluding tert-OH is 1. The van der Waals surface area contributed by atoms with Gasteiger partial charge in [-0.25, -0.2) is 0 Å². The predicted molar refractivity (Wildman–Crippen MR) is 108 cm³/mol. The van der Waals surface area contributed by atoms with Crippen LogP contribution in [-0.4, -0.2) is 30.3 Å². The van der Waals surface area contributed by atoms with Crippen LogP contribution >= 0.6 is 11.6 Å². The van der Waals surface area contributed by atoms with E-state index in [1.807, 2.05) is 0 Å². The van der Waals surface area contributed by atoms with E-state index in [0.717, 1.165) is 25.0 Å². The number of ether oxygens (including phenoxy) is 2. The summed E-state index contributed by atoms with van der Waals surface area (Å²) >= 11 is 6.51. The fraction of sp³-hybridized carbons (Fsp3) is 0.636. The van der Waals surface area contributed by atoms with Crippen LogP contribution in [0, 0.1) is 25.7 Å². The average molecular weight is 381 g/mol. The topological polar surface area (TPSA) is 38.7 Å². The average Bonchev–Trinajstić information content (AvgIpc) is 2.86. The summed E-state index contributed by atoms with van der Waals surface area (Å²) in [4.78, 5) is 0. The number of hydrogen-bond acceptors (Lipinski definition) is 3. The molecule has 0 bridgehead atoms. The van der Waals surface area contributed by atoms with Gasteiger partial charge in [-0.2, -0.15) is 0 Å². The lowest BCUT2D eigenvalue weighted by atomic mass is 9.92. The minimum atomic E-state index is -0.392. The van der Waals surface area contributed by atoms with Gasteiger partial charge in [-0.1, -0.05) is 25.5 Å². The fourth-order valence-corrected chi connectivity index (χ4v) is 4.30. The Labute approximate surface area is 163 Å². The third kappa shape index (κ3) is 5.48. The Hall–Kier alpha value is -1.03. The van der Waals surface area contributed by atoms with Crippen molar-refractivity contribution in [3.63, 3.8) is 0 Å². The molecule has 0 saturated heterocycles. The number of benzene rings is 1. The molecule has 1 aliphatic carbocycles. The molecule has 3 nitrogen and oxygen atoms in total. The van der Waals surface area contributed by atoms with E-state index in [4.69, 9.17) is 21.1 Å². The summed E-state index contributed by atoms with van der Waals surface area (Å²) in [5.41, 5.74) is 3.55. The van der Waals surface area contributed by atoms with Crippen LogP contribution in [-0.2, 0) is 11.3 Å². The molecule has 1 aliphatic rings. The molecular formula is C22H33ClO3. The van der Waals surface area contributed by atoms with E-state index in [-0.39, 0.29) is 17.2 Å². The molecular weight excluding hydrogens is 348 g/mol. The van der Waals surface area contributed by atoms with Crippen LogP contribution in [0.15, 0.2) is 24.3 Å². The molecule has 1 N–H and O–H groups in total. The first-order valence-electron chi connectivity index (χ1n) is 9.66. The molecule has 1 aromatic rings. The standard InChI is InChI=1S/C22H33ClO3/c1-5-6-7-8-9-18-20(22(24)12-21(18)23)14-26-17-10-15(2)19(13-25-4)16(3)11-17/h7-8,10-11,18,20-22,24H,5-6,9,12-14H2,1-4H3/b8-7-/t18-,20-,21-,22-/m1/s1. The maximum absolute atomic E-state index is 10.4. The molecule has 4 heteroatoms. The van der Waals surface area contributed by atoms with Crippen molar-refractivity contribution in [3.8, 4) is 5.75 Å². The summed E-state index contributed by atoms with van der Waals surface area (Å²) in [7, 11) is 1.71. The zero-order valence-electron chi connectivity index (χ0n) is 16.5. The van der Waals surface area contributed by atoms with Crippen LogP contribution in [0.3, 0.4) is 0 Å². The summed E-state index contributed by atoms with van der Waals surface area (Å²) in [6.07, 6.45) is 7.83. The SMILES string of the molecule is CCC/C=C\C[C@@H]1[C@@H](COc2cc(C)c(COC)c(C)c2)[C@H](O)C[C@H]1Cl. The molecule has 0 spiro atoms. The first kappa shape index (κ1) is 21.3. The van der Waals surface area contributed by atoms with Gasteiger partial charge in [-0.3, -0.25) is 0 Å². The molecule has 2 rings (SSSR count). The predicted octanol–water partition coefficient (Wildman–Crippen LogP) is 5.18. The van der Waals surface area contributed by atoms with Crippen molar-refractivity contribution < 1.29 is 14.6 Å². The molecule has 26 heavy (non-hydrogen) atoms. The molecule has 0 amide bonds. The van der Waals surface area contributed by atoms with Gasteiger partial charge in [0.2, 0.25) is 0 Å². The summed E-state index contributed by atoms with van der Waals surface area (Å²) in [5.74, 6) is 1.18. The normalized spacial score (nSPS) is 25.9. The molecule has 1 aromatic carbocycles. The molecule has 146 valence electrons. The van der Waals surface area contributed by atoms with Crippen molar-refractivity contribution in [2.24, 2.45) is 11.8 Å². The quantitative estimate of drug-likeness (QED) is 0.474. The van der Waals surface area contributed by atoms with Crippen molar-refractivity contribution >= 4 is 11.6 Å². The highest BCUT2D eigenvalue weighted by Gasteiger charge is 2.41. The van der Waals surface area contributed by atoms with E-state index >= 15 is 0 Å². The highest BCUT2D eigenvalue weighted by molar-refractivity contribution is 6.21. The second-order valence-corrected chi connectivity index (χ2v) is 7.98. The van der Waals surface area contributed by atoms with E-state index < -0.39 is 6.10 Å². The summed E-state index contributed by atoms with van der Waals surface area (Å²) in [6.45, 7) is 7.44. The lowest BCUT2D eigenvalue weighted by Gasteiger charge is -2.23. The van der Waals surface area contributed by atoms with Crippen LogP contribution in [0.5, 0.6) is 5.75 Å². The second kappa shape index (κ2) is 10.3. The van der Waals surface area contributed by atoms with Crippen molar-refractivity contribution in [1.82, 2.24) is 0 Å². The molecule has 0 heterocycles. The number of unbranched alkanes of at least 4 members (excludes halogenated alkanes) is 1. The van der Waals surface area contributed by atoms with Crippen LogP contribution in [0.4, 0.5) is 0 Å². The Balaban J connectivity index is 2.01. The highest BCUT2D eigenvalue weighted by Crippen LogP contribution is 2.39. The van der Waals surface area contributed by atoms with Crippen molar-refractivity contribution in [2.45, 2.75) is 64.5 Å². The number of alkyl halides is 1. The zero-order valence-corrected chi connectivity index (χ0v) is 17.3. The van der Waals surface area contributed by atoms with Gasteiger partial charge in [0.05, 0.1) is 19.3 Å². The lowest BCUT2D eigenvalue weighted by Crippen LogP contribution is -2.27. The van der Waals surface area contributed by atoms with Crippen LogP contribution in [0.25, 0.3) is 0 Å². The highest BCUT2D eigenvalue weighted by atomic mass is 35.5. The molecule has 0 radical (unpaired) electrons. The van der Waals surface area contributed by atoms with E-state index in [1.165, 1.54) is 16.7 Å². The zero-order chi connectivity index (χ0) is 19.1. The maximum atomic E-state index is 10.4. The van der Waals surface area contributed by atoms with E-state index in [1.54, 1.807) is 7.11 Å². The largest absolute Gasteiger partial charge is 0.493 e. The second-order valence-electron chi connectivity index (χ2n) is 7.42. The monoisotopic (exact) mass is 380 g/mol. The van der Waals surface area contributed by atoms with Crippen LogP contribution < -0.4 is 4.74 Å². The first-order chi connectivity index (χ1) is 12.5. The van der Waals surface area contributed by atoms with Gasteiger partial charge in [-0.15, -0.1) is 11.6 Å². The van der Waals surface area contributed by atoms with Gasteiger partial charge in [0.25, 0.3) is 0 Å². The Morgan fingerprint density at radius 2 is 1.88 bits per heavy atom. The number of hydrogen-bond donors (Lipinski definition) is 1. The molecule has 0 aromatic heterocycles. The number of aryl methyl sites for hydroxylation is 2. The van der Waals surface area contributed by atoms with Crippen LogP contribution in [0.1, 0.15) is 49.3 Å². The van der Waals surface area contributed by atoms with Crippen molar-refractivity contribution in [1.29, 1.82) is 0 Å². The number of allylic oxidation sites excluding steroid dienone is 2. The Kier molecular flexibility index (Phi) is 8.46. The number of methoxy groups -OCH3 is 1. The molecule has 1 saturated carbocycles. The Morgan fingerprint density at radius 3 is 2.50 bits per heavy atom. The Bertz CT molecular complexity index is 576. The summed E-state index contributed by atoms with van der Waals surface area (Å²) in [6, 6.07) is 4.11. The smallest absolute Gasteiger partial charge is 0.119 e. The number of aliphatic hydroxyl groups is 1. The van der Waals surface area contributed by atoms with Gasteiger partial charge in [0, 0.05) is 18.4 Å².